The number of amides is 2. The summed E-state index contributed by atoms with van der Waals surface area (Å²) in [7, 11) is 3.68. The van der Waals surface area contributed by atoms with E-state index in [-0.39, 0.29) is 11.8 Å². The maximum absolute atomic E-state index is 12.2. The van der Waals surface area contributed by atoms with E-state index >= 15 is 0 Å². The van der Waals surface area contributed by atoms with Gasteiger partial charge in [-0.1, -0.05) is 20.8 Å². The highest BCUT2D eigenvalue weighted by Gasteiger charge is 2.25. The lowest BCUT2D eigenvalue weighted by Crippen LogP contribution is -2.46. The Morgan fingerprint density at radius 1 is 1.25 bits per heavy atom. The fourth-order valence-electron chi connectivity index (χ4n) is 1.91. The van der Waals surface area contributed by atoms with Gasteiger partial charge in [0.1, 0.15) is 11.6 Å². The molecule has 1 aromatic heterocycles. The lowest BCUT2D eigenvalue weighted by Gasteiger charge is -2.21. The average Bonchev–Trinajstić information content (AvgIpc) is 2.89. The van der Waals surface area contributed by atoms with Crippen molar-refractivity contribution in [3.63, 3.8) is 0 Å². The molecule has 0 aliphatic rings. The SMILES string of the molecule is C[C@@H](NC(=O)C(C)(C)C)C(=O)Nc1ccc2nc(N(C)C)oc2c1. The molecule has 2 N–H and O–H groups in total. The van der Waals surface area contributed by atoms with E-state index in [1.807, 2.05) is 14.1 Å². The molecule has 2 aromatic rings. The highest BCUT2D eigenvalue weighted by Crippen LogP contribution is 2.23. The van der Waals surface area contributed by atoms with Gasteiger partial charge in [-0.15, -0.1) is 0 Å². The van der Waals surface area contributed by atoms with Gasteiger partial charge in [-0.25, -0.2) is 0 Å². The Morgan fingerprint density at radius 2 is 1.92 bits per heavy atom. The standard InChI is InChI=1S/C17H24N4O3/c1-10(18-15(23)17(2,3)4)14(22)19-11-7-8-12-13(9-11)24-16(20-12)21(5)6/h7-10H,1-6H3,(H,18,23)(H,19,22)/t10-/m1/s1. The molecule has 2 amide bonds. The van der Waals surface area contributed by atoms with E-state index in [0.717, 1.165) is 0 Å². The molecule has 0 bridgehead atoms. The van der Waals surface area contributed by atoms with Crippen LogP contribution in [0.5, 0.6) is 0 Å². The molecule has 0 spiro atoms. The Balaban J connectivity index is 2.08. The first-order chi connectivity index (χ1) is 11.1. The van der Waals surface area contributed by atoms with Gasteiger partial charge in [0.25, 0.3) is 6.01 Å². The molecule has 1 heterocycles. The van der Waals surface area contributed by atoms with E-state index in [2.05, 4.69) is 15.6 Å². The number of hydrogen-bond acceptors (Lipinski definition) is 5. The summed E-state index contributed by atoms with van der Waals surface area (Å²) < 4.78 is 5.62. The quantitative estimate of drug-likeness (QED) is 0.897. The van der Waals surface area contributed by atoms with E-state index < -0.39 is 11.5 Å². The van der Waals surface area contributed by atoms with Crippen molar-refractivity contribution in [2.24, 2.45) is 5.41 Å². The number of rotatable bonds is 4. The number of aromatic nitrogens is 1. The van der Waals surface area contributed by atoms with Gasteiger partial charge in [-0.2, -0.15) is 4.98 Å². The maximum Gasteiger partial charge on any atom is 0.297 e. The zero-order valence-corrected chi connectivity index (χ0v) is 14.9. The van der Waals surface area contributed by atoms with Crippen LogP contribution in [0.1, 0.15) is 27.7 Å². The van der Waals surface area contributed by atoms with Gasteiger partial charge in [-0.3, -0.25) is 9.59 Å². The minimum atomic E-state index is -0.639. The van der Waals surface area contributed by atoms with Crippen molar-refractivity contribution in [2.45, 2.75) is 33.7 Å². The summed E-state index contributed by atoms with van der Waals surface area (Å²) in [6.07, 6.45) is 0. The van der Waals surface area contributed by atoms with Crippen molar-refractivity contribution >= 4 is 34.6 Å². The van der Waals surface area contributed by atoms with Gasteiger partial charge in [-0.05, 0) is 19.1 Å². The molecule has 7 heteroatoms. The summed E-state index contributed by atoms with van der Waals surface area (Å²) >= 11 is 0. The summed E-state index contributed by atoms with van der Waals surface area (Å²) in [5.41, 5.74) is 1.34. The van der Waals surface area contributed by atoms with Crippen molar-refractivity contribution in [3.05, 3.63) is 18.2 Å². The molecule has 0 aliphatic heterocycles. The van der Waals surface area contributed by atoms with E-state index in [4.69, 9.17) is 4.42 Å². The zero-order chi connectivity index (χ0) is 18.1. The molecule has 1 aromatic carbocycles. The molecule has 24 heavy (non-hydrogen) atoms. The van der Waals surface area contributed by atoms with Crippen molar-refractivity contribution in [2.75, 3.05) is 24.3 Å². The number of nitrogens with zero attached hydrogens (tertiary/aromatic N) is 2. The van der Waals surface area contributed by atoms with E-state index in [9.17, 15) is 9.59 Å². The largest absolute Gasteiger partial charge is 0.423 e. The third kappa shape index (κ3) is 4.04. The van der Waals surface area contributed by atoms with Crippen molar-refractivity contribution in [3.8, 4) is 0 Å². The molecule has 2 rings (SSSR count). The second-order valence-electron chi connectivity index (χ2n) is 7.01. The minimum absolute atomic E-state index is 0.175. The zero-order valence-electron chi connectivity index (χ0n) is 14.9. The molecule has 0 aliphatic carbocycles. The number of carbonyl (C=O) groups excluding carboxylic acids is 2. The number of carbonyl (C=O) groups is 2. The van der Waals surface area contributed by atoms with E-state index in [1.54, 1.807) is 50.8 Å². The number of hydrogen-bond donors (Lipinski definition) is 2. The smallest absolute Gasteiger partial charge is 0.297 e. The lowest BCUT2D eigenvalue weighted by atomic mass is 9.95. The first kappa shape index (κ1) is 17.8. The normalized spacial score (nSPS) is 12.8. The number of nitrogens with one attached hydrogen (secondary N) is 2. The van der Waals surface area contributed by atoms with Crippen LogP contribution in [0.3, 0.4) is 0 Å². The van der Waals surface area contributed by atoms with Crippen LogP contribution in [0, 0.1) is 5.41 Å². The van der Waals surface area contributed by atoms with Gasteiger partial charge in [0.2, 0.25) is 11.8 Å². The van der Waals surface area contributed by atoms with E-state index in [1.165, 1.54) is 0 Å². The van der Waals surface area contributed by atoms with E-state index in [0.29, 0.717) is 22.8 Å². The monoisotopic (exact) mass is 332 g/mol. The number of oxazole rings is 1. The van der Waals surface area contributed by atoms with Crippen LogP contribution in [-0.4, -0.2) is 36.9 Å². The molecule has 0 saturated carbocycles. The average molecular weight is 332 g/mol. The fourth-order valence-corrected chi connectivity index (χ4v) is 1.91. The molecular weight excluding hydrogens is 308 g/mol. The lowest BCUT2D eigenvalue weighted by molar-refractivity contribution is -0.131. The van der Waals surface area contributed by atoms with Crippen LogP contribution in [0.2, 0.25) is 0 Å². The molecule has 0 radical (unpaired) electrons. The van der Waals surface area contributed by atoms with Crippen LogP contribution < -0.4 is 15.5 Å². The Kier molecular flexibility index (Phi) is 4.82. The maximum atomic E-state index is 12.2. The molecule has 7 nitrogen and oxygen atoms in total. The number of benzene rings is 1. The summed E-state index contributed by atoms with van der Waals surface area (Å²) in [5.74, 6) is -0.467. The topological polar surface area (TPSA) is 87.5 Å². The highest BCUT2D eigenvalue weighted by atomic mass is 16.4. The first-order valence-corrected chi connectivity index (χ1v) is 7.77. The Hall–Kier alpha value is -2.57. The summed E-state index contributed by atoms with van der Waals surface area (Å²) in [4.78, 5) is 30.3. The van der Waals surface area contributed by atoms with Crippen molar-refractivity contribution < 1.29 is 14.0 Å². The van der Waals surface area contributed by atoms with Gasteiger partial charge in [0.15, 0.2) is 5.58 Å². The van der Waals surface area contributed by atoms with Crippen LogP contribution in [0.25, 0.3) is 11.1 Å². The first-order valence-electron chi connectivity index (χ1n) is 7.77. The molecule has 0 unspecified atom stereocenters. The second kappa shape index (κ2) is 6.51. The summed E-state index contributed by atoms with van der Waals surface area (Å²) in [6, 6.07) is 5.10. The van der Waals surface area contributed by atoms with Crippen molar-refractivity contribution in [1.82, 2.24) is 10.3 Å². The Labute approximate surface area is 141 Å². The Bertz CT molecular complexity index is 759. The number of fused-ring (bicyclic) bond motifs is 1. The summed E-state index contributed by atoms with van der Waals surface area (Å²) in [5, 5.41) is 5.48. The molecule has 1 atom stereocenters. The third-order valence-electron chi connectivity index (χ3n) is 3.45. The molecule has 0 saturated heterocycles. The van der Waals surface area contributed by atoms with Gasteiger partial charge in [0.05, 0.1) is 0 Å². The van der Waals surface area contributed by atoms with Gasteiger partial charge in [0, 0.05) is 31.3 Å². The van der Waals surface area contributed by atoms with Crippen LogP contribution in [0.15, 0.2) is 22.6 Å². The second-order valence-corrected chi connectivity index (χ2v) is 7.01. The molecular formula is C17H24N4O3. The summed E-state index contributed by atoms with van der Waals surface area (Å²) in [6.45, 7) is 7.05. The molecule has 0 fully saturated rings. The van der Waals surface area contributed by atoms with Crippen molar-refractivity contribution in [1.29, 1.82) is 0 Å². The highest BCUT2D eigenvalue weighted by molar-refractivity contribution is 5.98. The third-order valence-corrected chi connectivity index (χ3v) is 3.45. The van der Waals surface area contributed by atoms with Gasteiger partial charge < -0.3 is 20.0 Å². The van der Waals surface area contributed by atoms with Crippen LogP contribution in [0.4, 0.5) is 11.7 Å². The molecule has 130 valence electrons. The van der Waals surface area contributed by atoms with Crippen LogP contribution in [-0.2, 0) is 9.59 Å². The van der Waals surface area contributed by atoms with Gasteiger partial charge >= 0.3 is 0 Å². The predicted molar refractivity (Wildman–Crippen MR) is 94.0 cm³/mol. The van der Waals surface area contributed by atoms with Crippen LogP contribution >= 0.6 is 0 Å². The minimum Gasteiger partial charge on any atom is -0.423 e. The fraction of sp³-hybridized carbons (Fsp3) is 0.471. The predicted octanol–water partition coefficient (Wildman–Crippen LogP) is 2.38. The Morgan fingerprint density at radius 3 is 2.50 bits per heavy atom. The number of anilines is 2.